The van der Waals surface area contributed by atoms with E-state index < -0.39 is 11.6 Å². The van der Waals surface area contributed by atoms with Gasteiger partial charge in [0.2, 0.25) is 0 Å². The van der Waals surface area contributed by atoms with Crippen molar-refractivity contribution in [1.82, 2.24) is 10.4 Å². The normalized spacial score (nSPS) is 25.2. The fraction of sp³-hybridized carbons (Fsp3) is 0.300. The van der Waals surface area contributed by atoms with Crippen LogP contribution < -0.4 is 5.32 Å². The molecule has 6 heteroatoms. The first-order chi connectivity index (χ1) is 7.45. The Kier molecular flexibility index (Phi) is 2.84. The predicted octanol–water partition coefficient (Wildman–Crippen LogP) is 1.99. The van der Waals surface area contributed by atoms with E-state index in [9.17, 15) is 10.0 Å². The number of carbonyl (C=O) groups excluding carboxylic acids is 1. The van der Waals surface area contributed by atoms with Crippen LogP contribution in [-0.4, -0.2) is 22.7 Å². The second-order valence-electron chi connectivity index (χ2n) is 3.76. The van der Waals surface area contributed by atoms with Crippen LogP contribution in [0.25, 0.3) is 0 Å². The van der Waals surface area contributed by atoms with E-state index >= 15 is 0 Å². The molecule has 0 radical (unpaired) electrons. The molecule has 0 aliphatic carbocycles. The summed E-state index contributed by atoms with van der Waals surface area (Å²) >= 11 is 11.8. The minimum Gasteiger partial charge on any atom is -0.284 e. The van der Waals surface area contributed by atoms with Gasteiger partial charge in [-0.25, -0.2) is 0 Å². The second-order valence-corrected chi connectivity index (χ2v) is 4.60. The molecule has 0 saturated carbocycles. The Morgan fingerprint density at radius 2 is 2.19 bits per heavy atom. The highest BCUT2D eigenvalue weighted by atomic mass is 35.5. The van der Waals surface area contributed by atoms with Gasteiger partial charge in [0, 0.05) is 15.6 Å². The molecule has 2 N–H and O–H groups in total. The molecule has 1 amide bonds. The van der Waals surface area contributed by atoms with Crippen molar-refractivity contribution in [2.24, 2.45) is 0 Å². The van der Waals surface area contributed by atoms with E-state index in [0.717, 1.165) is 0 Å². The van der Waals surface area contributed by atoms with Crippen LogP contribution in [0.2, 0.25) is 10.0 Å². The van der Waals surface area contributed by atoms with Gasteiger partial charge in [-0.2, -0.15) is 5.06 Å². The molecule has 86 valence electrons. The summed E-state index contributed by atoms with van der Waals surface area (Å²) in [4.78, 5) is 11.3. The molecule has 4 nitrogen and oxygen atoms in total. The molecule has 1 aliphatic heterocycles. The number of hydrogen-bond donors (Lipinski definition) is 2. The molecule has 1 heterocycles. The van der Waals surface area contributed by atoms with Crippen molar-refractivity contribution in [2.45, 2.75) is 12.6 Å². The largest absolute Gasteiger partial charge is 0.284 e. The summed E-state index contributed by atoms with van der Waals surface area (Å²) < 4.78 is 0. The Labute approximate surface area is 103 Å². The van der Waals surface area contributed by atoms with Crippen molar-refractivity contribution in [3.63, 3.8) is 0 Å². The van der Waals surface area contributed by atoms with Crippen molar-refractivity contribution in [2.75, 3.05) is 6.54 Å². The van der Waals surface area contributed by atoms with Crippen molar-refractivity contribution in [1.29, 1.82) is 0 Å². The molecule has 16 heavy (non-hydrogen) atoms. The summed E-state index contributed by atoms with van der Waals surface area (Å²) in [6.45, 7) is 1.75. The number of hydroxylamine groups is 2. The molecule has 0 bridgehead atoms. The lowest BCUT2D eigenvalue weighted by Gasteiger charge is -2.31. The molecule has 0 spiro atoms. The quantitative estimate of drug-likeness (QED) is 0.760. The Morgan fingerprint density at radius 3 is 2.69 bits per heavy atom. The lowest BCUT2D eigenvalue weighted by molar-refractivity contribution is -0.181. The van der Waals surface area contributed by atoms with Gasteiger partial charge in [0.1, 0.15) is 5.66 Å². The van der Waals surface area contributed by atoms with Gasteiger partial charge >= 0.3 is 0 Å². The maximum absolute atomic E-state index is 11.3. The number of hydrogen-bond acceptors (Lipinski definition) is 3. The Hall–Kier alpha value is -0.810. The number of rotatable bonds is 1. The molecule has 1 aromatic rings. The summed E-state index contributed by atoms with van der Waals surface area (Å²) in [5, 5.41) is 14.2. The standard InChI is InChI=1S/C10H10Cl2N2O2/c1-10(13-5-9(15)14(10)16)7-3-2-6(11)4-8(7)12/h2-4,13,16H,5H2,1H3. The SMILES string of the molecule is CC1(c2ccc(Cl)cc2Cl)NCC(=O)N1O. The number of benzene rings is 1. The number of amides is 1. The lowest BCUT2D eigenvalue weighted by atomic mass is 10.0. The molecule has 2 rings (SSSR count). The summed E-state index contributed by atoms with van der Waals surface area (Å²) in [5.41, 5.74) is -0.398. The van der Waals surface area contributed by atoms with Gasteiger partial charge in [-0.15, -0.1) is 0 Å². The van der Waals surface area contributed by atoms with Crippen LogP contribution in [0.4, 0.5) is 0 Å². The van der Waals surface area contributed by atoms with Gasteiger partial charge in [0.25, 0.3) is 5.91 Å². The topological polar surface area (TPSA) is 52.6 Å². The van der Waals surface area contributed by atoms with Crippen LogP contribution in [0.5, 0.6) is 0 Å². The van der Waals surface area contributed by atoms with Gasteiger partial charge in [-0.3, -0.25) is 15.3 Å². The Balaban J connectivity index is 2.48. The van der Waals surface area contributed by atoms with Gasteiger partial charge in [-0.1, -0.05) is 29.3 Å². The zero-order valence-electron chi connectivity index (χ0n) is 8.50. The van der Waals surface area contributed by atoms with E-state index in [4.69, 9.17) is 23.2 Å². The Morgan fingerprint density at radius 1 is 1.50 bits per heavy atom. The third-order valence-electron chi connectivity index (χ3n) is 2.70. The van der Waals surface area contributed by atoms with E-state index in [1.54, 1.807) is 25.1 Å². The zero-order chi connectivity index (χ0) is 11.9. The molecule has 1 aliphatic rings. The molecule has 1 saturated heterocycles. The summed E-state index contributed by atoms with van der Waals surface area (Å²) in [6, 6.07) is 4.91. The van der Waals surface area contributed by atoms with Crippen LogP contribution in [0, 0.1) is 0 Å². The molecular formula is C10H10Cl2N2O2. The summed E-state index contributed by atoms with van der Waals surface area (Å²) in [5.74, 6) is -0.395. The third kappa shape index (κ3) is 1.68. The first kappa shape index (κ1) is 11.7. The second kappa shape index (κ2) is 3.89. The maximum atomic E-state index is 11.3. The fourth-order valence-corrected chi connectivity index (χ4v) is 2.33. The average molecular weight is 261 g/mol. The van der Waals surface area contributed by atoms with Gasteiger partial charge in [0.05, 0.1) is 6.54 Å². The minimum atomic E-state index is -1.00. The highest BCUT2D eigenvalue weighted by molar-refractivity contribution is 6.35. The van der Waals surface area contributed by atoms with Crippen LogP contribution >= 0.6 is 23.2 Å². The van der Waals surface area contributed by atoms with E-state index in [1.807, 2.05) is 0 Å². The van der Waals surface area contributed by atoms with Crippen molar-refractivity contribution in [3.05, 3.63) is 33.8 Å². The van der Waals surface area contributed by atoms with Gasteiger partial charge < -0.3 is 0 Å². The first-order valence-electron chi connectivity index (χ1n) is 4.67. The molecule has 1 aromatic carbocycles. The van der Waals surface area contributed by atoms with Crippen LogP contribution in [0.1, 0.15) is 12.5 Å². The highest BCUT2D eigenvalue weighted by Crippen LogP contribution is 2.34. The fourth-order valence-electron chi connectivity index (χ4n) is 1.74. The van der Waals surface area contributed by atoms with Gasteiger partial charge in [-0.05, 0) is 19.1 Å². The van der Waals surface area contributed by atoms with Crippen molar-refractivity contribution >= 4 is 29.1 Å². The van der Waals surface area contributed by atoms with Crippen LogP contribution in [0.3, 0.4) is 0 Å². The van der Waals surface area contributed by atoms with E-state index in [1.165, 1.54) is 0 Å². The number of nitrogens with zero attached hydrogens (tertiary/aromatic N) is 1. The molecule has 1 unspecified atom stereocenters. The summed E-state index contributed by atoms with van der Waals surface area (Å²) in [6.07, 6.45) is 0. The summed E-state index contributed by atoms with van der Waals surface area (Å²) in [7, 11) is 0. The lowest BCUT2D eigenvalue weighted by Crippen LogP contribution is -2.45. The van der Waals surface area contributed by atoms with E-state index in [0.29, 0.717) is 20.7 Å². The van der Waals surface area contributed by atoms with E-state index in [2.05, 4.69) is 5.32 Å². The Bertz CT molecular complexity index is 452. The molecular weight excluding hydrogens is 251 g/mol. The number of nitrogens with one attached hydrogen (secondary N) is 1. The van der Waals surface area contributed by atoms with Gasteiger partial charge in [0.15, 0.2) is 0 Å². The third-order valence-corrected chi connectivity index (χ3v) is 3.25. The zero-order valence-corrected chi connectivity index (χ0v) is 10.0. The monoisotopic (exact) mass is 260 g/mol. The first-order valence-corrected chi connectivity index (χ1v) is 5.43. The number of halogens is 2. The van der Waals surface area contributed by atoms with Crippen LogP contribution in [-0.2, 0) is 10.5 Å². The van der Waals surface area contributed by atoms with Crippen LogP contribution in [0.15, 0.2) is 18.2 Å². The maximum Gasteiger partial charge on any atom is 0.262 e. The molecule has 1 fully saturated rings. The molecule has 0 aromatic heterocycles. The molecule has 1 atom stereocenters. The van der Waals surface area contributed by atoms with E-state index in [-0.39, 0.29) is 6.54 Å². The van der Waals surface area contributed by atoms with Crippen molar-refractivity contribution < 1.29 is 10.0 Å². The number of carbonyl (C=O) groups is 1. The smallest absolute Gasteiger partial charge is 0.262 e. The highest BCUT2D eigenvalue weighted by Gasteiger charge is 2.43. The van der Waals surface area contributed by atoms with Crippen molar-refractivity contribution in [3.8, 4) is 0 Å². The minimum absolute atomic E-state index is 0.0754. The predicted molar refractivity (Wildman–Crippen MR) is 60.4 cm³/mol. The average Bonchev–Trinajstić information content (AvgIpc) is 2.47.